The van der Waals surface area contributed by atoms with Gasteiger partial charge in [-0.3, -0.25) is 9.69 Å². The Hall–Kier alpha value is -3.84. The average molecular weight is 616 g/mol. The van der Waals surface area contributed by atoms with E-state index in [-0.39, 0.29) is 17.3 Å². The van der Waals surface area contributed by atoms with E-state index in [2.05, 4.69) is 30.0 Å². The van der Waals surface area contributed by atoms with Gasteiger partial charge >= 0.3 is 6.18 Å². The number of nitrogens with one attached hydrogen (secondary N) is 1. The smallest absolute Gasteiger partial charge is 0.367 e. The predicted octanol–water partition coefficient (Wildman–Crippen LogP) is 5.12. The van der Waals surface area contributed by atoms with E-state index < -0.39 is 34.8 Å². The van der Waals surface area contributed by atoms with Gasteiger partial charge < -0.3 is 20.0 Å². The molecule has 1 atom stereocenters. The summed E-state index contributed by atoms with van der Waals surface area (Å²) >= 11 is 0. The van der Waals surface area contributed by atoms with Crippen LogP contribution in [0, 0.1) is 11.6 Å². The maximum Gasteiger partial charge on any atom is 0.417 e. The fraction of sp³-hybridized carbons (Fsp3) is 0.452. The molecule has 1 aromatic heterocycles. The van der Waals surface area contributed by atoms with Crippen LogP contribution in [0.3, 0.4) is 0 Å². The van der Waals surface area contributed by atoms with Crippen LogP contribution in [0.15, 0.2) is 42.7 Å². The van der Waals surface area contributed by atoms with Crippen molar-refractivity contribution in [2.24, 2.45) is 0 Å². The third-order valence-corrected chi connectivity index (χ3v) is 8.78. The molecule has 2 saturated heterocycles. The van der Waals surface area contributed by atoms with Crippen molar-refractivity contribution in [2.75, 3.05) is 68.0 Å². The fourth-order valence-corrected chi connectivity index (χ4v) is 5.90. The molecule has 2 aromatic carbocycles. The largest absolute Gasteiger partial charge is 0.417 e. The van der Waals surface area contributed by atoms with Crippen molar-refractivity contribution in [2.45, 2.75) is 38.0 Å². The molecule has 2 aliphatic heterocycles. The molecule has 13 heteroatoms. The van der Waals surface area contributed by atoms with Crippen LogP contribution in [-0.4, -0.2) is 90.6 Å². The van der Waals surface area contributed by atoms with Gasteiger partial charge in [-0.2, -0.15) is 13.2 Å². The maximum absolute atomic E-state index is 15.7. The number of piperazine rings is 2. The molecule has 1 amide bonds. The van der Waals surface area contributed by atoms with E-state index in [0.29, 0.717) is 48.9 Å². The number of alkyl halides is 3. The standard InChI is InChI=1S/C31H34F5N7O/c1-19-18-43(8-7-40(19)2)28-15-26(33)24(14-27(28)39-29(44)23-6-3-21(32)13-25(23)31(34,35)36)20-16-37-30(38-17-20)42-11-9-41(10-12-42)22-4-5-22/h3,6,13-17,19,22H,4-5,7-12,18H2,1-2H3,(H,39,44). The molecule has 1 saturated carbocycles. The van der Waals surface area contributed by atoms with Crippen molar-refractivity contribution in [3.05, 3.63) is 65.5 Å². The van der Waals surface area contributed by atoms with Gasteiger partial charge in [0, 0.05) is 81.4 Å². The van der Waals surface area contributed by atoms with Crippen LogP contribution in [0.25, 0.3) is 11.1 Å². The highest BCUT2D eigenvalue weighted by atomic mass is 19.4. The molecule has 6 rings (SSSR count). The lowest BCUT2D eigenvalue weighted by molar-refractivity contribution is -0.138. The number of halogens is 5. The van der Waals surface area contributed by atoms with Crippen LogP contribution in [-0.2, 0) is 6.18 Å². The molecule has 8 nitrogen and oxygen atoms in total. The van der Waals surface area contributed by atoms with E-state index in [9.17, 15) is 22.4 Å². The molecule has 1 unspecified atom stereocenters. The summed E-state index contributed by atoms with van der Waals surface area (Å²) in [5.41, 5.74) is -1.23. The predicted molar refractivity (Wildman–Crippen MR) is 158 cm³/mol. The van der Waals surface area contributed by atoms with E-state index in [1.54, 1.807) is 0 Å². The van der Waals surface area contributed by atoms with Gasteiger partial charge in [-0.25, -0.2) is 18.7 Å². The molecular formula is C31H34F5N7O. The Morgan fingerprint density at radius 1 is 0.932 bits per heavy atom. The number of rotatable bonds is 6. The van der Waals surface area contributed by atoms with Gasteiger partial charge in [0.1, 0.15) is 11.6 Å². The summed E-state index contributed by atoms with van der Waals surface area (Å²) in [5.74, 6) is -2.25. The summed E-state index contributed by atoms with van der Waals surface area (Å²) < 4.78 is 70.6. The Kier molecular flexibility index (Phi) is 8.18. The fourth-order valence-electron chi connectivity index (χ4n) is 5.90. The monoisotopic (exact) mass is 615 g/mol. The minimum Gasteiger partial charge on any atom is -0.367 e. The molecule has 3 fully saturated rings. The minimum absolute atomic E-state index is 0.0893. The summed E-state index contributed by atoms with van der Waals surface area (Å²) in [7, 11) is 1.97. The molecule has 234 valence electrons. The molecule has 1 N–H and O–H groups in total. The van der Waals surface area contributed by atoms with Crippen LogP contribution < -0.4 is 15.1 Å². The van der Waals surface area contributed by atoms with Gasteiger partial charge in [0.05, 0.1) is 22.5 Å². The minimum atomic E-state index is -4.96. The first-order valence-corrected chi connectivity index (χ1v) is 14.8. The third kappa shape index (κ3) is 6.34. The number of aromatic nitrogens is 2. The number of likely N-dealkylation sites (N-methyl/N-ethyl adjacent to an activating group) is 1. The van der Waals surface area contributed by atoms with Crippen LogP contribution in [0.5, 0.6) is 0 Å². The summed E-state index contributed by atoms with van der Waals surface area (Å²) in [6.07, 6.45) is 0.568. The van der Waals surface area contributed by atoms with Gasteiger partial charge in [0.25, 0.3) is 5.91 Å². The number of amides is 1. The van der Waals surface area contributed by atoms with Crippen molar-refractivity contribution in [3.8, 4) is 11.1 Å². The zero-order valence-electron chi connectivity index (χ0n) is 24.5. The van der Waals surface area contributed by atoms with Crippen LogP contribution in [0.2, 0.25) is 0 Å². The molecular weight excluding hydrogens is 581 g/mol. The Morgan fingerprint density at radius 3 is 2.25 bits per heavy atom. The number of nitrogens with zero attached hydrogens (tertiary/aromatic N) is 6. The Labute approximate surface area is 252 Å². The summed E-state index contributed by atoms with van der Waals surface area (Å²) in [5, 5.41) is 2.56. The van der Waals surface area contributed by atoms with E-state index in [4.69, 9.17) is 0 Å². The second kappa shape index (κ2) is 11.9. The van der Waals surface area contributed by atoms with Crippen molar-refractivity contribution in [1.82, 2.24) is 19.8 Å². The normalized spacial score (nSPS) is 20.2. The Morgan fingerprint density at radius 2 is 1.61 bits per heavy atom. The van der Waals surface area contributed by atoms with Crippen molar-refractivity contribution in [1.29, 1.82) is 0 Å². The van der Waals surface area contributed by atoms with Crippen molar-refractivity contribution in [3.63, 3.8) is 0 Å². The summed E-state index contributed by atoms with van der Waals surface area (Å²) in [4.78, 5) is 30.8. The van der Waals surface area contributed by atoms with Gasteiger partial charge in [0.15, 0.2) is 0 Å². The molecule has 1 aliphatic carbocycles. The van der Waals surface area contributed by atoms with Crippen molar-refractivity contribution < 1.29 is 26.7 Å². The molecule has 44 heavy (non-hydrogen) atoms. The molecule has 0 radical (unpaired) electrons. The van der Waals surface area contributed by atoms with E-state index >= 15 is 4.39 Å². The topological polar surface area (TPSA) is 67.8 Å². The van der Waals surface area contributed by atoms with Gasteiger partial charge in [-0.15, -0.1) is 0 Å². The van der Waals surface area contributed by atoms with Gasteiger partial charge in [-0.05, 0) is 57.1 Å². The zero-order valence-corrected chi connectivity index (χ0v) is 24.5. The number of anilines is 3. The maximum atomic E-state index is 15.7. The molecule has 0 bridgehead atoms. The number of hydrogen-bond acceptors (Lipinski definition) is 7. The lowest BCUT2D eigenvalue weighted by Gasteiger charge is -2.39. The molecule has 3 heterocycles. The van der Waals surface area contributed by atoms with Gasteiger partial charge in [-0.1, -0.05) is 0 Å². The second-order valence-corrected chi connectivity index (χ2v) is 11.8. The number of carbonyl (C=O) groups excluding carboxylic acids is 1. The first-order chi connectivity index (χ1) is 21.0. The van der Waals surface area contributed by atoms with E-state index in [1.165, 1.54) is 37.4 Å². The number of hydrogen-bond donors (Lipinski definition) is 1. The first kappa shape index (κ1) is 30.2. The highest BCUT2D eigenvalue weighted by molar-refractivity contribution is 6.07. The van der Waals surface area contributed by atoms with Crippen LogP contribution >= 0.6 is 0 Å². The highest BCUT2D eigenvalue weighted by Crippen LogP contribution is 2.37. The summed E-state index contributed by atoms with van der Waals surface area (Å²) in [6.45, 7) is 7.15. The van der Waals surface area contributed by atoms with Crippen LogP contribution in [0.4, 0.5) is 39.3 Å². The van der Waals surface area contributed by atoms with E-state index in [1.807, 2.05) is 18.9 Å². The Bertz CT molecular complexity index is 1520. The Balaban J connectivity index is 1.31. The average Bonchev–Trinajstić information content (AvgIpc) is 3.85. The molecule has 3 aliphatic rings. The summed E-state index contributed by atoms with van der Waals surface area (Å²) in [6, 6.07) is 5.37. The number of carbonyl (C=O) groups is 1. The quantitative estimate of drug-likeness (QED) is 0.387. The van der Waals surface area contributed by atoms with Crippen LogP contribution in [0.1, 0.15) is 35.7 Å². The second-order valence-electron chi connectivity index (χ2n) is 11.8. The first-order valence-electron chi connectivity index (χ1n) is 14.8. The lowest BCUT2D eigenvalue weighted by Crippen LogP contribution is -2.50. The van der Waals surface area contributed by atoms with E-state index in [0.717, 1.165) is 38.3 Å². The van der Waals surface area contributed by atoms with Gasteiger partial charge in [0.2, 0.25) is 5.95 Å². The SMILES string of the molecule is CC1CN(c2cc(F)c(-c3cnc(N4CCN(C5CC5)CC4)nc3)cc2NC(=O)c2ccc(F)cc2C(F)(F)F)CCN1C. The third-order valence-electron chi connectivity index (χ3n) is 8.78. The lowest BCUT2D eigenvalue weighted by atomic mass is 10.0. The van der Waals surface area contributed by atoms with Crippen molar-refractivity contribution >= 4 is 23.2 Å². The molecule has 0 spiro atoms. The highest BCUT2D eigenvalue weighted by Gasteiger charge is 2.36. The zero-order chi connectivity index (χ0) is 31.2. The number of benzene rings is 2. The molecule has 3 aromatic rings.